The van der Waals surface area contributed by atoms with Crippen molar-refractivity contribution < 1.29 is 9.47 Å². The second-order valence-corrected chi connectivity index (χ2v) is 7.56. The fourth-order valence-corrected chi connectivity index (χ4v) is 3.53. The quantitative estimate of drug-likeness (QED) is 0.465. The van der Waals surface area contributed by atoms with Gasteiger partial charge in [-0.2, -0.15) is 0 Å². The summed E-state index contributed by atoms with van der Waals surface area (Å²) in [6, 6.07) is 6.12. The first-order chi connectivity index (χ1) is 13.6. The third-order valence-electron chi connectivity index (χ3n) is 4.10. The van der Waals surface area contributed by atoms with Crippen LogP contribution in [0.3, 0.4) is 0 Å². The van der Waals surface area contributed by atoms with Gasteiger partial charge >= 0.3 is 0 Å². The number of benzene rings is 1. The molecule has 28 heavy (non-hydrogen) atoms. The zero-order valence-electron chi connectivity index (χ0n) is 17.6. The lowest BCUT2D eigenvalue weighted by atomic mass is 10.1. The van der Waals surface area contributed by atoms with Crippen LogP contribution in [0.15, 0.2) is 23.2 Å². The summed E-state index contributed by atoms with van der Waals surface area (Å²) in [6.07, 6.45) is 0.867. The molecule has 6 nitrogen and oxygen atoms in total. The first-order valence-corrected chi connectivity index (χ1v) is 10.7. The molecule has 0 unspecified atom stereocenters. The Kier molecular flexibility index (Phi) is 9.07. The normalized spacial score (nSPS) is 11.4. The molecular formula is C21H32N4O2S. The highest BCUT2D eigenvalue weighted by atomic mass is 32.1. The molecule has 2 aromatic rings. The lowest BCUT2D eigenvalue weighted by Gasteiger charge is -2.14. The van der Waals surface area contributed by atoms with E-state index in [0.29, 0.717) is 19.8 Å². The minimum Gasteiger partial charge on any atom is -0.490 e. The van der Waals surface area contributed by atoms with E-state index in [-0.39, 0.29) is 0 Å². The van der Waals surface area contributed by atoms with Crippen molar-refractivity contribution in [1.29, 1.82) is 0 Å². The Labute approximate surface area is 172 Å². The van der Waals surface area contributed by atoms with Crippen LogP contribution in [-0.2, 0) is 13.0 Å². The lowest BCUT2D eigenvalue weighted by Crippen LogP contribution is -2.38. The summed E-state index contributed by atoms with van der Waals surface area (Å²) in [5.74, 6) is 2.41. The van der Waals surface area contributed by atoms with E-state index in [1.807, 2.05) is 26.8 Å². The molecule has 0 spiro atoms. The predicted octanol–water partition coefficient (Wildman–Crippen LogP) is 3.86. The number of aliphatic imine (C=N–C) groups is 1. The number of rotatable bonds is 10. The summed E-state index contributed by atoms with van der Waals surface area (Å²) in [5, 5.41) is 7.73. The molecule has 0 radical (unpaired) electrons. The highest BCUT2D eigenvalue weighted by Gasteiger charge is 2.07. The van der Waals surface area contributed by atoms with E-state index >= 15 is 0 Å². The average Bonchev–Trinajstić information content (AvgIpc) is 3.00. The molecular weight excluding hydrogens is 372 g/mol. The number of ether oxygens (including phenoxy) is 2. The molecule has 2 N–H and O–H groups in total. The van der Waals surface area contributed by atoms with Gasteiger partial charge in [0, 0.05) is 18.0 Å². The molecule has 154 valence electrons. The Morgan fingerprint density at radius 2 is 1.82 bits per heavy atom. The largest absolute Gasteiger partial charge is 0.490 e. The Bertz CT molecular complexity index is 754. The van der Waals surface area contributed by atoms with Crippen molar-refractivity contribution in [3.05, 3.63) is 39.3 Å². The molecule has 0 bridgehead atoms. The van der Waals surface area contributed by atoms with Crippen LogP contribution in [0.4, 0.5) is 0 Å². The summed E-state index contributed by atoms with van der Waals surface area (Å²) < 4.78 is 11.3. The maximum atomic E-state index is 5.71. The highest BCUT2D eigenvalue weighted by molar-refractivity contribution is 7.11. The zero-order valence-corrected chi connectivity index (χ0v) is 18.4. The van der Waals surface area contributed by atoms with Gasteiger partial charge in [0.1, 0.15) is 5.01 Å². The Morgan fingerprint density at radius 3 is 2.46 bits per heavy atom. The summed E-state index contributed by atoms with van der Waals surface area (Å²) >= 11 is 1.71. The Morgan fingerprint density at radius 1 is 1.07 bits per heavy atom. The van der Waals surface area contributed by atoms with Crippen molar-refractivity contribution in [2.75, 3.05) is 26.3 Å². The summed E-state index contributed by atoms with van der Waals surface area (Å²) in [7, 11) is 0. The van der Waals surface area contributed by atoms with Crippen LogP contribution >= 0.6 is 11.3 Å². The van der Waals surface area contributed by atoms with Crippen molar-refractivity contribution >= 4 is 17.3 Å². The second-order valence-electron chi connectivity index (χ2n) is 6.27. The molecule has 0 atom stereocenters. The van der Waals surface area contributed by atoms with Gasteiger partial charge in [-0.1, -0.05) is 6.07 Å². The molecule has 0 aliphatic heterocycles. The smallest absolute Gasteiger partial charge is 0.191 e. The zero-order chi connectivity index (χ0) is 20.4. The minimum absolute atomic E-state index is 0.590. The third kappa shape index (κ3) is 6.71. The molecule has 1 aromatic carbocycles. The monoisotopic (exact) mass is 404 g/mol. The molecule has 1 heterocycles. The molecule has 2 rings (SSSR count). The number of hydrogen-bond donors (Lipinski definition) is 2. The Hall–Kier alpha value is -2.28. The van der Waals surface area contributed by atoms with Crippen LogP contribution < -0.4 is 20.1 Å². The van der Waals surface area contributed by atoms with E-state index in [2.05, 4.69) is 46.6 Å². The summed E-state index contributed by atoms with van der Waals surface area (Å²) in [4.78, 5) is 10.5. The first kappa shape index (κ1) is 22.0. The van der Waals surface area contributed by atoms with Crippen LogP contribution in [0.5, 0.6) is 11.5 Å². The topological polar surface area (TPSA) is 67.8 Å². The maximum Gasteiger partial charge on any atom is 0.191 e. The minimum atomic E-state index is 0.590. The van der Waals surface area contributed by atoms with Crippen LogP contribution in [0.1, 0.15) is 41.9 Å². The first-order valence-electron chi connectivity index (χ1n) is 9.90. The van der Waals surface area contributed by atoms with Crippen molar-refractivity contribution in [3.63, 3.8) is 0 Å². The SMILES string of the molecule is CCNC(=NCc1nc(C)c(C)s1)NCCc1ccc(OCC)c(OCC)c1. The number of aromatic nitrogens is 1. The van der Waals surface area contributed by atoms with Crippen molar-refractivity contribution in [1.82, 2.24) is 15.6 Å². The van der Waals surface area contributed by atoms with E-state index in [0.717, 1.165) is 47.7 Å². The van der Waals surface area contributed by atoms with Crippen molar-refractivity contribution in [2.24, 2.45) is 4.99 Å². The predicted molar refractivity (Wildman–Crippen MR) is 117 cm³/mol. The van der Waals surface area contributed by atoms with E-state index < -0.39 is 0 Å². The molecule has 0 amide bonds. The third-order valence-corrected chi connectivity index (χ3v) is 5.16. The molecule has 0 saturated carbocycles. The van der Waals surface area contributed by atoms with Crippen LogP contribution in [0, 0.1) is 13.8 Å². The van der Waals surface area contributed by atoms with Gasteiger partial charge in [0.25, 0.3) is 0 Å². The molecule has 0 fully saturated rings. The van der Waals surface area contributed by atoms with Gasteiger partial charge in [0.15, 0.2) is 17.5 Å². The summed E-state index contributed by atoms with van der Waals surface area (Å²) in [6.45, 7) is 13.6. The van der Waals surface area contributed by atoms with Crippen LogP contribution in [-0.4, -0.2) is 37.2 Å². The van der Waals surface area contributed by atoms with Gasteiger partial charge in [-0.15, -0.1) is 11.3 Å². The van der Waals surface area contributed by atoms with E-state index in [4.69, 9.17) is 9.47 Å². The van der Waals surface area contributed by atoms with E-state index in [1.54, 1.807) is 11.3 Å². The lowest BCUT2D eigenvalue weighted by molar-refractivity contribution is 0.287. The molecule has 0 saturated heterocycles. The van der Waals surface area contributed by atoms with Crippen molar-refractivity contribution in [2.45, 2.75) is 47.6 Å². The standard InChI is InChI=1S/C21H32N4O2S/c1-6-22-21(24-14-20-25-15(4)16(5)28-20)23-12-11-17-9-10-18(26-7-2)19(13-17)27-8-3/h9-10,13H,6-8,11-12,14H2,1-5H3,(H2,22,23,24). The number of nitrogens with zero attached hydrogens (tertiary/aromatic N) is 2. The fourth-order valence-electron chi connectivity index (χ4n) is 2.67. The molecule has 1 aromatic heterocycles. The van der Waals surface area contributed by atoms with Gasteiger partial charge in [0.05, 0.1) is 25.5 Å². The van der Waals surface area contributed by atoms with Crippen LogP contribution in [0.2, 0.25) is 0 Å². The number of guanidine groups is 1. The van der Waals surface area contributed by atoms with Gasteiger partial charge < -0.3 is 20.1 Å². The van der Waals surface area contributed by atoms with E-state index in [9.17, 15) is 0 Å². The second kappa shape index (κ2) is 11.5. The number of aryl methyl sites for hydroxylation is 2. The fraction of sp³-hybridized carbons (Fsp3) is 0.524. The Balaban J connectivity index is 1.94. The highest BCUT2D eigenvalue weighted by Crippen LogP contribution is 2.28. The molecule has 7 heteroatoms. The van der Waals surface area contributed by atoms with E-state index in [1.165, 1.54) is 10.4 Å². The number of thiazole rings is 1. The van der Waals surface area contributed by atoms with Gasteiger partial charge in [-0.3, -0.25) is 0 Å². The van der Waals surface area contributed by atoms with Gasteiger partial charge in [-0.25, -0.2) is 9.98 Å². The van der Waals surface area contributed by atoms with Crippen molar-refractivity contribution in [3.8, 4) is 11.5 Å². The number of hydrogen-bond acceptors (Lipinski definition) is 5. The molecule has 0 aliphatic rings. The van der Waals surface area contributed by atoms with Gasteiger partial charge in [-0.05, 0) is 58.7 Å². The van der Waals surface area contributed by atoms with Gasteiger partial charge in [0.2, 0.25) is 0 Å². The number of nitrogens with one attached hydrogen (secondary N) is 2. The average molecular weight is 405 g/mol. The summed E-state index contributed by atoms with van der Waals surface area (Å²) in [5.41, 5.74) is 2.29. The maximum absolute atomic E-state index is 5.71. The molecule has 0 aliphatic carbocycles. The van der Waals surface area contributed by atoms with Crippen LogP contribution in [0.25, 0.3) is 0 Å².